The number of nitrogens with zero attached hydrogens (tertiary/aromatic N) is 1. The molecule has 0 unspecified atom stereocenters. The van der Waals surface area contributed by atoms with Crippen LogP contribution in [0, 0.1) is 5.92 Å². The molecule has 142 valence electrons. The lowest BCUT2D eigenvalue weighted by Crippen LogP contribution is -2.35. The molecule has 0 bridgehead atoms. The molecule has 2 aromatic carbocycles. The van der Waals surface area contributed by atoms with Crippen molar-refractivity contribution in [3.63, 3.8) is 0 Å². The van der Waals surface area contributed by atoms with Crippen LogP contribution >= 0.6 is 0 Å². The van der Waals surface area contributed by atoms with E-state index in [1.54, 1.807) is 14.2 Å². The van der Waals surface area contributed by atoms with Gasteiger partial charge in [-0.2, -0.15) is 0 Å². The topological polar surface area (TPSA) is 67.9 Å². The van der Waals surface area contributed by atoms with Crippen molar-refractivity contribution in [2.75, 3.05) is 20.8 Å². The van der Waals surface area contributed by atoms with Crippen LogP contribution in [0.5, 0.6) is 11.5 Å². The van der Waals surface area contributed by atoms with Crippen LogP contribution in [0.2, 0.25) is 0 Å². The minimum atomic E-state index is -0.605. The lowest BCUT2D eigenvalue weighted by atomic mass is 10.00. The van der Waals surface area contributed by atoms with Gasteiger partial charge in [-0.1, -0.05) is 43.3 Å². The summed E-state index contributed by atoms with van der Waals surface area (Å²) in [6.07, 6.45) is 0.716. The molecular weight excluding hydrogens is 344 g/mol. The molecule has 0 aromatic heterocycles. The summed E-state index contributed by atoms with van der Waals surface area (Å²) in [4.78, 5) is 26.3. The molecule has 6 nitrogen and oxygen atoms in total. The van der Waals surface area contributed by atoms with Crippen LogP contribution in [0.25, 0.3) is 0 Å². The van der Waals surface area contributed by atoms with Gasteiger partial charge in [0.1, 0.15) is 6.04 Å². The number of ether oxygens (including phenoxy) is 2. The predicted molar refractivity (Wildman–Crippen MR) is 102 cm³/mol. The van der Waals surface area contributed by atoms with Crippen LogP contribution in [-0.4, -0.2) is 37.6 Å². The van der Waals surface area contributed by atoms with Crippen molar-refractivity contribution in [1.29, 1.82) is 0 Å². The molecule has 1 aliphatic heterocycles. The quantitative estimate of drug-likeness (QED) is 0.762. The fourth-order valence-corrected chi connectivity index (χ4v) is 3.35. The highest BCUT2D eigenvalue weighted by Crippen LogP contribution is 2.29. The second kappa shape index (κ2) is 8.12. The summed E-state index contributed by atoms with van der Waals surface area (Å²) in [6.45, 7) is 2.38. The van der Waals surface area contributed by atoms with E-state index in [0.717, 1.165) is 11.1 Å². The number of urea groups is 1. The second-order valence-corrected chi connectivity index (χ2v) is 6.74. The van der Waals surface area contributed by atoms with Crippen LogP contribution < -0.4 is 14.8 Å². The van der Waals surface area contributed by atoms with Gasteiger partial charge in [0.05, 0.1) is 14.2 Å². The van der Waals surface area contributed by atoms with Crippen molar-refractivity contribution in [1.82, 2.24) is 10.2 Å². The number of amides is 3. The minimum Gasteiger partial charge on any atom is -0.493 e. The monoisotopic (exact) mass is 368 g/mol. The summed E-state index contributed by atoms with van der Waals surface area (Å²) in [6, 6.07) is 14.1. The van der Waals surface area contributed by atoms with E-state index in [1.807, 2.05) is 55.5 Å². The molecule has 0 aliphatic carbocycles. The van der Waals surface area contributed by atoms with Crippen molar-refractivity contribution in [2.24, 2.45) is 5.92 Å². The van der Waals surface area contributed by atoms with Crippen LogP contribution in [-0.2, 0) is 11.2 Å². The Labute approximate surface area is 159 Å². The highest BCUT2D eigenvalue weighted by atomic mass is 16.5. The number of benzene rings is 2. The first kappa shape index (κ1) is 18.8. The molecule has 0 radical (unpaired) electrons. The Morgan fingerprint density at radius 3 is 2.41 bits per heavy atom. The first-order valence-corrected chi connectivity index (χ1v) is 8.91. The van der Waals surface area contributed by atoms with E-state index in [-0.39, 0.29) is 17.9 Å². The average molecular weight is 368 g/mol. The molecule has 1 N–H and O–H groups in total. The summed E-state index contributed by atoms with van der Waals surface area (Å²) in [7, 11) is 3.20. The Morgan fingerprint density at radius 2 is 1.74 bits per heavy atom. The van der Waals surface area contributed by atoms with Gasteiger partial charge in [0, 0.05) is 6.54 Å². The molecule has 1 fully saturated rings. The van der Waals surface area contributed by atoms with E-state index < -0.39 is 6.04 Å². The van der Waals surface area contributed by atoms with Crippen LogP contribution in [0.4, 0.5) is 4.79 Å². The van der Waals surface area contributed by atoms with Crippen molar-refractivity contribution >= 4 is 11.9 Å². The van der Waals surface area contributed by atoms with E-state index in [9.17, 15) is 9.59 Å². The zero-order valence-corrected chi connectivity index (χ0v) is 15.8. The van der Waals surface area contributed by atoms with Gasteiger partial charge in [0.2, 0.25) is 0 Å². The fourth-order valence-electron chi connectivity index (χ4n) is 3.35. The maximum absolute atomic E-state index is 12.7. The van der Waals surface area contributed by atoms with Crippen molar-refractivity contribution < 1.29 is 19.1 Å². The lowest BCUT2D eigenvalue weighted by Gasteiger charge is -2.19. The van der Waals surface area contributed by atoms with Gasteiger partial charge in [0.15, 0.2) is 11.5 Å². The summed E-state index contributed by atoms with van der Waals surface area (Å²) in [5, 5.41) is 2.77. The molecule has 0 spiro atoms. The summed E-state index contributed by atoms with van der Waals surface area (Å²) < 4.78 is 10.6. The molecule has 3 amide bonds. The Morgan fingerprint density at radius 1 is 1.04 bits per heavy atom. The maximum atomic E-state index is 12.7. The third-order valence-corrected chi connectivity index (χ3v) is 4.69. The molecule has 6 heteroatoms. The summed E-state index contributed by atoms with van der Waals surface area (Å²) in [5.41, 5.74) is 1.86. The van der Waals surface area contributed by atoms with E-state index in [1.165, 1.54) is 4.90 Å². The Balaban J connectivity index is 1.66. The smallest absolute Gasteiger partial charge is 0.325 e. The molecule has 1 heterocycles. The summed E-state index contributed by atoms with van der Waals surface area (Å²) >= 11 is 0. The van der Waals surface area contributed by atoms with Crippen molar-refractivity contribution in [3.05, 3.63) is 59.7 Å². The van der Waals surface area contributed by atoms with Crippen molar-refractivity contribution in [3.8, 4) is 11.5 Å². The van der Waals surface area contributed by atoms with Gasteiger partial charge in [0.25, 0.3) is 5.91 Å². The predicted octanol–water partition coefficient (Wildman–Crippen LogP) is 3.18. The number of methoxy groups -OCH3 is 2. The van der Waals surface area contributed by atoms with Gasteiger partial charge in [-0.25, -0.2) is 4.79 Å². The molecule has 3 rings (SSSR count). The van der Waals surface area contributed by atoms with Gasteiger partial charge in [-0.05, 0) is 35.6 Å². The molecule has 0 saturated carbocycles. The summed E-state index contributed by atoms with van der Waals surface area (Å²) in [5.74, 6) is 1.24. The number of carbonyl (C=O) groups excluding carboxylic acids is 2. The zero-order chi connectivity index (χ0) is 19.4. The standard InChI is InChI=1S/C21H24N2O4/c1-14(11-15-9-10-17(26-2)18(12-15)27-3)13-23-20(24)19(22-21(23)25)16-7-5-4-6-8-16/h4-10,12,14,19H,11,13H2,1-3H3,(H,22,25)/t14-,19+/m1/s1. The average Bonchev–Trinajstić information content (AvgIpc) is 2.96. The van der Waals surface area contributed by atoms with E-state index in [2.05, 4.69) is 5.32 Å². The SMILES string of the molecule is COc1ccc(C[C@@H](C)CN2C(=O)N[C@@H](c3ccccc3)C2=O)cc1OC. The number of imide groups is 1. The maximum Gasteiger partial charge on any atom is 0.325 e. The van der Waals surface area contributed by atoms with E-state index in [0.29, 0.717) is 24.5 Å². The highest BCUT2D eigenvalue weighted by molar-refractivity contribution is 6.04. The Hall–Kier alpha value is -3.02. The highest BCUT2D eigenvalue weighted by Gasteiger charge is 2.39. The first-order chi connectivity index (χ1) is 13.0. The Bertz CT molecular complexity index is 822. The van der Waals surface area contributed by atoms with Gasteiger partial charge in [-0.15, -0.1) is 0 Å². The normalized spacial score (nSPS) is 17.6. The minimum absolute atomic E-state index is 0.104. The second-order valence-electron chi connectivity index (χ2n) is 6.74. The first-order valence-electron chi connectivity index (χ1n) is 8.91. The number of hydrogen-bond donors (Lipinski definition) is 1. The largest absolute Gasteiger partial charge is 0.493 e. The van der Waals surface area contributed by atoms with E-state index in [4.69, 9.17) is 9.47 Å². The molecule has 2 atom stereocenters. The van der Waals surface area contributed by atoms with Crippen LogP contribution in [0.1, 0.15) is 24.1 Å². The number of rotatable bonds is 7. The molecule has 2 aromatic rings. The molecule has 27 heavy (non-hydrogen) atoms. The number of nitrogens with one attached hydrogen (secondary N) is 1. The van der Waals surface area contributed by atoms with Crippen LogP contribution in [0.15, 0.2) is 48.5 Å². The van der Waals surface area contributed by atoms with Crippen molar-refractivity contribution in [2.45, 2.75) is 19.4 Å². The third-order valence-electron chi connectivity index (χ3n) is 4.69. The Kier molecular flexibility index (Phi) is 5.64. The third kappa shape index (κ3) is 4.05. The molecular formula is C21H24N2O4. The van der Waals surface area contributed by atoms with Crippen LogP contribution in [0.3, 0.4) is 0 Å². The lowest BCUT2D eigenvalue weighted by molar-refractivity contribution is -0.128. The zero-order valence-electron chi connectivity index (χ0n) is 15.8. The number of hydrogen-bond acceptors (Lipinski definition) is 4. The molecule has 1 saturated heterocycles. The fraction of sp³-hybridized carbons (Fsp3) is 0.333. The van der Waals surface area contributed by atoms with E-state index >= 15 is 0 Å². The van der Waals surface area contributed by atoms with Gasteiger partial charge < -0.3 is 14.8 Å². The van der Waals surface area contributed by atoms with Gasteiger partial charge in [-0.3, -0.25) is 9.69 Å². The molecule has 1 aliphatic rings. The van der Waals surface area contributed by atoms with Gasteiger partial charge >= 0.3 is 6.03 Å². The number of carbonyl (C=O) groups is 2.